The van der Waals surface area contributed by atoms with Gasteiger partial charge in [-0.2, -0.15) is 0 Å². The van der Waals surface area contributed by atoms with Crippen LogP contribution in [-0.4, -0.2) is 37.5 Å². The van der Waals surface area contributed by atoms with Crippen molar-refractivity contribution in [3.63, 3.8) is 0 Å². The van der Waals surface area contributed by atoms with E-state index in [1.54, 1.807) is 0 Å². The number of aldehydes is 1. The standard InChI is InChI=1S/C21H18F2N2O4/c1-13(27)24-10-18-11-25(21(28)29-18)17-6-5-16(20(23)9-17)8-19(22)15-4-2-3-14(7-15)12-26/h2-9,12,18H,10-11H2,1H3,(H,24,27)/t18-/m0/s1. The molecule has 0 unspecified atom stereocenters. The number of carbonyl (C=O) groups excluding carboxylic acids is 3. The summed E-state index contributed by atoms with van der Waals surface area (Å²) in [5.41, 5.74) is 0.716. The molecule has 0 spiro atoms. The van der Waals surface area contributed by atoms with Gasteiger partial charge in [0, 0.05) is 23.6 Å². The smallest absolute Gasteiger partial charge is 0.414 e. The van der Waals surface area contributed by atoms with E-state index in [0.717, 1.165) is 12.1 Å². The van der Waals surface area contributed by atoms with E-state index in [0.29, 0.717) is 11.8 Å². The summed E-state index contributed by atoms with van der Waals surface area (Å²) in [7, 11) is 0. The number of cyclic esters (lactones) is 1. The van der Waals surface area contributed by atoms with Crippen molar-refractivity contribution in [3.05, 3.63) is 65.0 Å². The van der Waals surface area contributed by atoms with Gasteiger partial charge in [-0.15, -0.1) is 0 Å². The molecule has 2 aromatic rings. The number of benzene rings is 2. The molecule has 1 saturated heterocycles. The quantitative estimate of drug-likeness (QED) is 0.594. The highest BCUT2D eigenvalue weighted by Gasteiger charge is 2.32. The second kappa shape index (κ2) is 8.64. The van der Waals surface area contributed by atoms with Crippen LogP contribution >= 0.6 is 0 Å². The van der Waals surface area contributed by atoms with Crippen LogP contribution in [0, 0.1) is 5.82 Å². The van der Waals surface area contributed by atoms with Crippen molar-refractivity contribution in [1.29, 1.82) is 0 Å². The molecule has 3 rings (SSSR count). The number of anilines is 1. The molecule has 6 nitrogen and oxygen atoms in total. The van der Waals surface area contributed by atoms with Gasteiger partial charge in [-0.1, -0.05) is 18.2 Å². The maximum atomic E-state index is 14.5. The molecule has 150 valence electrons. The SMILES string of the molecule is CC(=O)NC[C@H]1CN(c2ccc(C=C(F)c3cccc(C=O)c3)c(F)c2)C(=O)O1. The molecular formula is C21H18F2N2O4. The monoisotopic (exact) mass is 400 g/mol. The van der Waals surface area contributed by atoms with E-state index in [9.17, 15) is 23.2 Å². The van der Waals surface area contributed by atoms with Crippen molar-refractivity contribution in [2.24, 2.45) is 0 Å². The number of nitrogens with zero attached hydrogens (tertiary/aromatic N) is 1. The van der Waals surface area contributed by atoms with E-state index in [4.69, 9.17) is 4.74 Å². The Balaban J connectivity index is 1.77. The third-order valence-corrected chi connectivity index (χ3v) is 4.33. The van der Waals surface area contributed by atoms with Crippen LogP contribution in [0.15, 0.2) is 42.5 Å². The molecule has 0 radical (unpaired) electrons. The van der Waals surface area contributed by atoms with Gasteiger partial charge in [0.1, 0.15) is 24.0 Å². The molecule has 0 saturated carbocycles. The van der Waals surface area contributed by atoms with Gasteiger partial charge in [0.2, 0.25) is 5.91 Å². The fraction of sp³-hybridized carbons (Fsp3) is 0.190. The highest BCUT2D eigenvalue weighted by Crippen LogP contribution is 2.27. The largest absolute Gasteiger partial charge is 0.442 e. The maximum absolute atomic E-state index is 14.5. The molecule has 1 aliphatic rings. The summed E-state index contributed by atoms with van der Waals surface area (Å²) in [5.74, 6) is -1.67. The van der Waals surface area contributed by atoms with Gasteiger partial charge >= 0.3 is 6.09 Å². The first kappa shape index (κ1) is 20.2. The van der Waals surface area contributed by atoms with Gasteiger partial charge in [0.25, 0.3) is 0 Å². The Morgan fingerprint density at radius 1 is 1.31 bits per heavy atom. The summed E-state index contributed by atoms with van der Waals surface area (Å²) < 4.78 is 34.1. The fourth-order valence-electron chi connectivity index (χ4n) is 2.88. The van der Waals surface area contributed by atoms with E-state index in [-0.39, 0.29) is 35.8 Å². The van der Waals surface area contributed by atoms with Gasteiger partial charge in [0.15, 0.2) is 0 Å². The topological polar surface area (TPSA) is 75.7 Å². The molecular weight excluding hydrogens is 382 g/mol. The number of nitrogens with one attached hydrogen (secondary N) is 1. The van der Waals surface area contributed by atoms with Gasteiger partial charge in [0.05, 0.1) is 18.8 Å². The van der Waals surface area contributed by atoms with E-state index in [2.05, 4.69) is 5.32 Å². The first-order chi connectivity index (χ1) is 13.9. The number of rotatable bonds is 6. The summed E-state index contributed by atoms with van der Waals surface area (Å²) in [5, 5.41) is 2.56. The van der Waals surface area contributed by atoms with E-state index in [1.165, 1.54) is 48.2 Å². The second-order valence-corrected chi connectivity index (χ2v) is 6.49. The van der Waals surface area contributed by atoms with Crippen molar-refractivity contribution in [2.45, 2.75) is 13.0 Å². The van der Waals surface area contributed by atoms with Crippen molar-refractivity contribution in [1.82, 2.24) is 5.32 Å². The highest BCUT2D eigenvalue weighted by atomic mass is 19.1. The summed E-state index contributed by atoms with van der Waals surface area (Å²) in [6.45, 7) is 1.66. The molecule has 8 heteroatoms. The molecule has 2 aromatic carbocycles. The molecule has 2 amide bonds. The van der Waals surface area contributed by atoms with Crippen molar-refractivity contribution < 1.29 is 27.9 Å². The van der Waals surface area contributed by atoms with Gasteiger partial charge in [-0.05, 0) is 30.3 Å². The minimum atomic E-state index is -0.720. The highest BCUT2D eigenvalue weighted by molar-refractivity contribution is 5.90. The number of halogens is 2. The van der Waals surface area contributed by atoms with E-state index >= 15 is 0 Å². The van der Waals surface area contributed by atoms with Gasteiger partial charge in [-0.25, -0.2) is 13.6 Å². The zero-order valence-corrected chi connectivity index (χ0v) is 15.5. The fourth-order valence-corrected chi connectivity index (χ4v) is 2.88. The van der Waals surface area contributed by atoms with Crippen LogP contribution in [0.25, 0.3) is 11.9 Å². The van der Waals surface area contributed by atoms with Crippen LogP contribution in [0.3, 0.4) is 0 Å². The number of carbonyl (C=O) groups is 3. The molecule has 0 aromatic heterocycles. The van der Waals surface area contributed by atoms with Crippen LogP contribution in [0.1, 0.15) is 28.4 Å². The zero-order valence-electron chi connectivity index (χ0n) is 15.5. The van der Waals surface area contributed by atoms with Gasteiger partial charge < -0.3 is 10.1 Å². The third-order valence-electron chi connectivity index (χ3n) is 4.33. The molecule has 1 fully saturated rings. The normalized spacial score (nSPS) is 16.5. The van der Waals surface area contributed by atoms with E-state index < -0.39 is 23.8 Å². The minimum absolute atomic E-state index is 0.00915. The Morgan fingerprint density at radius 3 is 2.79 bits per heavy atom. The molecule has 1 atom stereocenters. The van der Waals surface area contributed by atoms with Crippen LogP contribution in [0.5, 0.6) is 0 Å². The van der Waals surface area contributed by atoms with E-state index in [1.807, 2.05) is 0 Å². The lowest BCUT2D eigenvalue weighted by Crippen LogP contribution is -2.33. The Labute approximate surface area is 165 Å². The lowest BCUT2D eigenvalue weighted by Gasteiger charge is -2.14. The summed E-state index contributed by atoms with van der Waals surface area (Å²) in [6.07, 6.45) is 0.419. The lowest BCUT2D eigenvalue weighted by molar-refractivity contribution is -0.119. The Morgan fingerprint density at radius 2 is 2.10 bits per heavy atom. The van der Waals surface area contributed by atoms with Gasteiger partial charge in [-0.3, -0.25) is 14.5 Å². The van der Waals surface area contributed by atoms with Crippen molar-refractivity contribution >= 4 is 35.9 Å². The van der Waals surface area contributed by atoms with Crippen molar-refractivity contribution in [3.8, 4) is 0 Å². The predicted molar refractivity (Wildman–Crippen MR) is 104 cm³/mol. The number of ether oxygens (including phenoxy) is 1. The third kappa shape index (κ3) is 4.84. The predicted octanol–water partition coefficient (Wildman–Crippen LogP) is 3.57. The maximum Gasteiger partial charge on any atom is 0.414 e. The summed E-state index contributed by atoms with van der Waals surface area (Å²) >= 11 is 0. The average molecular weight is 400 g/mol. The van der Waals surface area contributed by atoms with Crippen molar-refractivity contribution in [2.75, 3.05) is 18.0 Å². The Bertz CT molecular complexity index is 990. The first-order valence-corrected chi connectivity index (χ1v) is 8.82. The van der Waals surface area contributed by atoms with Crippen LogP contribution in [0.4, 0.5) is 19.3 Å². The minimum Gasteiger partial charge on any atom is -0.442 e. The molecule has 1 heterocycles. The number of hydrogen-bond donors (Lipinski definition) is 1. The lowest BCUT2D eigenvalue weighted by atomic mass is 10.1. The molecule has 1 aliphatic heterocycles. The summed E-state index contributed by atoms with van der Waals surface area (Å²) in [6, 6.07) is 9.84. The number of amides is 2. The molecule has 29 heavy (non-hydrogen) atoms. The van der Waals surface area contributed by atoms with Crippen LogP contribution < -0.4 is 10.2 Å². The zero-order chi connectivity index (χ0) is 21.0. The van der Waals surface area contributed by atoms with Crippen LogP contribution in [0.2, 0.25) is 0 Å². The average Bonchev–Trinajstić information content (AvgIpc) is 3.08. The molecule has 0 bridgehead atoms. The molecule has 0 aliphatic carbocycles. The van der Waals surface area contributed by atoms with Crippen LogP contribution in [-0.2, 0) is 9.53 Å². The Hall–Kier alpha value is -3.55. The first-order valence-electron chi connectivity index (χ1n) is 8.82. The Kier molecular flexibility index (Phi) is 6.01. The summed E-state index contributed by atoms with van der Waals surface area (Å²) in [4.78, 5) is 35.1. The second-order valence-electron chi connectivity index (χ2n) is 6.49. The number of hydrogen-bond acceptors (Lipinski definition) is 4. The molecule has 1 N–H and O–H groups in total.